The highest BCUT2D eigenvalue weighted by molar-refractivity contribution is 6.13. The molecule has 6 heterocycles. The Morgan fingerprint density at radius 1 is 0.759 bits per heavy atom. The van der Waals surface area contributed by atoms with Gasteiger partial charge in [-0.05, 0) is 87.5 Å². The minimum atomic E-state index is -0.469. The molecule has 8 N–H and O–H groups in total. The van der Waals surface area contributed by atoms with Crippen LogP contribution in [0.15, 0.2) is 59.6 Å². The molecular formula is C59H81N17O11. The van der Waals surface area contributed by atoms with Crippen molar-refractivity contribution >= 4 is 80.1 Å². The molecule has 7 aromatic rings. The summed E-state index contributed by atoms with van der Waals surface area (Å²) in [4.78, 5) is 79.0. The molecule has 28 nitrogen and oxygen atoms in total. The third-order valence-electron chi connectivity index (χ3n) is 14.8. The molecule has 1 atom stereocenters. The van der Waals surface area contributed by atoms with E-state index < -0.39 is 5.91 Å². The Kier molecular flexibility index (Phi) is 24.2. The molecule has 1 aliphatic rings. The molecule has 0 bridgehead atoms. The Bertz CT molecular complexity index is 3460. The van der Waals surface area contributed by atoms with Gasteiger partial charge in [0.1, 0.15) is 35.5 Å². The number of likely N-dealkylation sites (tertiary alicyclic amines) is 1. The van der Waals surface area contributed by atoms with Crippen LogP contribution in [0.25, 0.3) is 44.4 Å². The number of amides is 4. The average molecular weight is 1200 g/mol. The molecular weight excluding hydrogens is 1120 g/mol. The van der Waals surface area contributed by atoms with E-state index in [0.29, 0.717) is 188 Å². The molecule has 0 spiro atoms. The van der Waals surface area contributed by atoms with Gasteiger partial charge in [0.05, 0.1) is 103 Å². The van der Waals surface area contributed by atoms with Gasteiger partial charge >= 0.3 is 0 Å². The summed E-state index contributed by atoms with van der Waals surface area (Å²) >= 11 is 0. The molecule has 1 fully saturated rings. The lowest BCUT2D eigenvalue weighted by molar-refractivity contribution is -0.128. The average Bonchev–Trinajstić information content (AvgIpc) is 1.74. The van der Waals surface area contributed by atoms with Crippen LogP contribution in [0, 0.1) is 13.8 Å². The number of fused-ring (bicyclic) bond motifs is 3. The van der Waals surface area contributed by atoms with Gasteiger partial charge in [-0.3, -0.25) is 19.2 Å². The second-order valence-electron chi connectivity index (χ2n) is 21.2. The topological polar surface area (TPSA) is 349 Å². The van der Waals surface area contributed by atoms with Crippen molar-refractivity contribution in [1.29, 1.82) is 0 Å². The summed E-state index contributed by atoms with van der Waals surface area (Å²) in [6, 6.07) is 8.96. The van der Waals surface area contributed by atoms with E-state index in [0.717, 1.165) is 35.1 Å². The van der Waals surface area contributed by atoms with Crippen molar-refractivity contribution in [2.45, 2.75) is 65.0 Å². The standard InChI is InChI=1S/C59H81N17O11/c1-39-40(2)44(15-13-41(39)35-49(79)72(3)4)68-58(80)53-51-55(61)65-38-67-57(51)76(71-53)43-10-8-19-74(36-43)48(78)12-9-18-73(5)21-23-82-25-27-84-29-31-86-33-32-85-30-28-83-26-24-81-22-17-63-47(77)11-6-7-20-75-56-50(54(60)64-37-66-56)52(70-75)42-14-16-46-45(34-42)69-59(62)87-46/h9,12-16,34,37-38,43H,6-8,10-11,17-33,35-36H2,1-5H3,(H2,62,69)(H,63,77)(H,68,80)(H2,60,64,66)(H2,61,65,67)/b12-9+/t43-/m1/s1. The van der Waals surface area contributed by atoms with Crippen molar-refractivity contribution in [2.24, 2.45) is 0 Å². The minimum absolute atomic E-state index is 0.0145. The number of nitrogens with zero attached hydrogens (tertiary/aromatic N) is 12. The molecule has 4 amide bonds. The second kappa shape index (κ2) is 32.5. The summed E-state index contributed by atoms with van der Waals surface area (Å²) in [5.41, 5.74) is 25.2. The lowest BCUT2D eigenvalue weighted by atomic mass is 9.98. The Hall–Kier alpha value is -8.25. The van der Waals surface area contributed by atoms with Crippen molar-refractivity contribution in [1.82, 2.24) is 64.5 Å². The number of piperidine rings is 1. The van der Waals surface area contributed by atoms with Gasteiger partial charge in [0, 0.05) is 77.1 Å². The molecule has 8 rings (SSSR count). The largest absolute Gasteiger partial charge is 0.424 e. The number of carbonyl (C=O) groups excluding carboxylic acids is 4. The number of rotatable bonds is 35. The molecule has 5 aromatic heterocycles. The number of oxazole rings is 1. The van der Waals surface area contributed by atoms with E-state index in [9.17, 15) is 19.2 Å². The zero-order valence-electron chi connectivity index (χ0n) is 50.3. The van der Waals surface area contributed by atoms with Crippen LogP contribution in [-0.4, -0.2) is 216 Å². The summed E-state index contributed by atoms with van der Waals surface area (Å²) in [6.45, 7) is 12.1. The van der Waals surface area contributed by atoms with E-state index in [1.165, 1.54) is 12.7 Å². The fourth-order valence-electron chi connectivity index (χ4n) is 9.80. The number of unbranched alkanes of at least 4 members (excludes halogenated alkanes) is 1. The van der Waals surface area contributed by atoms with Gasteiger partial charge in [-0.2, -0.15) is 15.2 Å². The van der Waals surface area contributed by atoms with Gasteiger partial charge in [-0.25, -0.2) is 29.3 Å². The monoisotopic (exact) mass is 1200 g/mol. The zero-order chi connectivity index (χ0) is 61.7. The Labute approximate surface area is 504 Å². The maximum absolute atomic E-state index is 13.9. The fraction of sp³-hybridized carbons (Fsp3) is 0.508. The number of aryl methyl sites for hydroxylation is 1. The van der Waals surface area contributed by atoms with Crippen LogP contribution >= 0.6 is 0 Å². The molecule has 28 heteroatoms. The van der Waals surface area contributed by atoms with Gasteiger partial charge in [0.2, 0.25) is 17.7 Å². The van der Waals surface area contributed by atoms with Gasteiger partial charge < -0.3 is 75.4 Å². The lowest BCUT2D eigenvalue weighted by Crippen LogP contribution is -2.40. The van der Waals surface area contributed by atoms with Crippen molar-refractivity contribution < 1.29 is 52.0 Å². The third-order valence-corrected chi connectivity index (χ3v) is 14.8. The van der Waals surface area contributed by atoms with Crippen LogP contribution in [0.5, 0.6) is 0 Å². The molecule has 1 saturated heterocycles. The molecule has 2 aromatic carbocycles. The first kappa shape index (κ1) is 64.7. The van der Waals surface area contributed by atoms with Crippen molar-refractivity contribution in [2.75, 3.05) is 156 Å². The predicted octanol–water partition coefficient (Wildman–Crippen LogP) is 3.76. The number of nitrogen functional groups attached to an aromatic ring is 3. The number of carbonyl (C=O) groups is 4. The highest BCUT2D eigenvalue weighted by Gasteiger charge is 2.30. The Balaban J connectivity index is 0.594. The van der Waals surface area contributed by atoms with Crippen LogP contribution in [-0.2, 0) is 55.8 Å². The number of likely N-dealkylation sites (N-methyl/N-ethyl adjacent to an activating group) is 2. The first-order valence-electron chi connectivity index (χ1n) is 29.3. The van der Waals surface area contributed by atoms with Crippen LogP contribution in [0.4, 0.5) is 23.3 Å². The van der Waals surface area contributed by atoms with Gasteiger partial charge in [-0.1, -0.05) is 12.1 Å². The van der Waals surface area contributed by atoms with E-state index >= 15 is 0 Å². The van der Waals surface area contributed by atoms with Crippen molar-refractivity contribution in [3.8, 4) is 11.3 Å². The number of nitrogens with one attached hydrogen (secondary N) is 2. The SMILES string of the molecule is Cc1c(CC(=O)N(C)C)ccc(NC(=O)c2nn([C@@H]3CCCN(C(=O)/C=C/CN(C)CCOCCOCCOCCOCCOCCOCCNC(=O)CCCCn4nc(-c5ccc6oc(N)nc6c5)c5c(N)ncnc54)C3)c3ncnc(N)c23)c1C. The molecule has 1 aliphatic heterocycles. The van der Waals surface area contributed by atoms with Crippen LogP contribution in [0.1, 0.15) is 65.3 Å². The zero-order valence-corrected chi connectivity index (χ0v) is 50.3. The molecule has 468 valence electrons. The highest BCUT2D eigenvalue weighted by atomic mass is 16.6. The van der Waals surface area contributed by atoms with E-state index in [1.54, 1.807) is 51.5 Å². The molecule has 0 saturated carbocycles. The maximum atomic E-state index is 13.9. The Morgan fingerprint density at radius 2 is 1.41 bits per heavy atom. The van der Waals surface area contributed by atoms with Crippen molar-refractivity contribution in [3.05, 3.63) is 77.5 Å². The first-order chi connectivity index (χ1) is 42.2. The summed E-state index contributed by atoms with van der Waals surface area (Å²) < 4.78 is 42.6. The number of aromatic nitrogens is 9. The first-order valence-corrected chi connectivity index (χ1v) is 29.3. The van der Waals surface area contributed by atoms with Crippen LogP contribution in [0.3, 0.4) is 0 Å². The summed E-state index contributed by atoms with van der Waals surface area (Å²) in [5.74, 6) is -0.198. The minimum Gasteiger partial charge on any atom is -0.424 e. The molecule has 0 aliphatic carbocycles. The summed E-state index contributed by atoms with van der Waals surface area (Å²) in [5, 5.41) is 16.4. The smallest absolute Gasteiger partial charge is 0.292 e. The number of nitrogens with two attached hydrogens (primary N) is 3. The number of anilines is 4. The summed E-state index contributed by atoms with van der Waals surface area (Å²) in [6.07, 6.45) is 9.63. The molecule has 0 unspecified atom stereocenters. The van der Waals surface area contributed by atoms with E-state index in [-0.39, 0.29) is 47.7 Å². The number of hydrogen-bond acceptors (Lipinski definition) is 22. The van der Waals surface area contributed by atoms with Gasteiger partial charge in [0.25, 0.3) is 11.9 Å². The van der Waals surface area contributed by atoms with Gasteiger partial charge in [-0.15, -0.1) is 0 Å². The molecule has 87 heavy (non-hydrogen) atoms. The molecule has 0 radical (unpaired) electrons. The third kappa shape index (κ3) is 18.2. The van der Waals surface area contributed by atoms with Gasteiger partial charge in [0.15, 0.2) is 22.6 Å². The lowest BCUT2D eigenvalue weighted by Gasteiger charge is -2.32. The number of hydrogen-bond donors (Lipinski definition) is 5. The van der Waals surface area contributed by atoms with Crippen LogP contribution in [0.2, 0.25) is 0 Å². The van der Waals surface area contributed by atoms with E-state index in [1.807, 2.05) is 45.2 Å². The van der Waals surface area contributed by atoms with Crippen molar-refractivity contribution in [3.63, 3.8) is 0 Å². The van der Waals surface area contributed by atoms with E-state index in [2.05, 4.69) is 40.5 Å². The highest BCUT2D eigenvalue weighted by Crippen LogP contribution is 2.34. The van der Waals surface area contributed by atoms with Crippen LogP contribution < -0.4 is 27.8 Å². The number of benzene rings is 2. The van der Waals surface area contributed by atoms with E-state index in [4.69, 9.17) is 60.2 Å². The fourth-order valence-corrected chi connectivity index (χ4v) is 9.80. The maximum Gasteiger partial charge on any atom is 0.292 e. The normalized spacial score (nSPS) is 13.7. The predicted molar refractivity (Wildman–Crippen MR) is 326 cm³/mol. The Morgan fingerprint density at radius 3 is 2.10 bits per heavy atom. The quantitative estimate of drug-likeness (QED) is 0.0279. The summed E-state index contributed by atoms with van der Waals surface area (Å²) in [7, 11) is 5.40. The second-order valence-corrected chi connectivity index (χ2v) is 21.2. The number of ether oxygens (including phenoxy) is 6.